The number of nitrogens with one attached hydrogen (secondary N) is 1. The molecule has 1 saturated heterocycles. The molecular weight excluding hydrogens is 444 g/mol. The maximum atomic E-state index is 9.67. The van der Waals surface area contributed by atoms with Crippen LogP contribution in [-0.4, -0.2) is 49.3 Å². The number of aliphatic hydroxyl groups excluding tert-OH is 1. The Balaban J connectivity index is 1.55. The number of allylic oxidation sites excluding steroid dienone is 1. The zero-order chi connectivity index (χ0) is 24.7. The van der Waals surface area contributed by atoms with E-state index in [1.807, 2.05) is 0 Å². The Bertz CT molecular complexity index is 1300. The SMILES string of the molecule is Cc1ccc(/C(=C(\CCCO)c2ccccc2)c2ccc3oc(CCN4CCNCC4)cc3c2)cc1. The van der Waals surface area contributed by atoms with Gasteiger partial charge in [0.1, 0.15) is 11.3 Å². The van der Waals surface area contributed by atoms with Crippen molar-refractivity contribution in [2.75, 3.05) is 39.3 Å². The van der Waals surface area contributed by atoms with Crippen molar-refractivity contribution >= 4 is 22.1 Å². The summed E-state index contributed by atoms with van der Waals surface area (Å²) in [5.74, 6) is 1.05. The van der Waals surface area contributed by atoms with Gasteiger partial charge in [0.15, 0.2) is 0 Å². The molecule has 0 radical (unpaired) electrons. The second-order valence-electron chi connectivity index (χ2n) is 9.72. The molecule has 36 heavy (non-hydrogen) atoms. The van der Waals surface area contributed by atoms with Crippen molar-refractivity contribution < 1.29 is 9.52 Å². The van der Waals surface area contributed by atoms with E-state index < -0.39 is 0 Å². The molecule has 2 heterocycles. The Labute approximate surface area is 214 Å². The Morgan fingerprint density at radius 3 is 2.39 bits per heavy atom. The molecule has 186 valence electrons. The summed E-state index contributed by atoms with van der Waals surface area (Å²) in [6.45, 7) is 7.67. The van der Waals surface area contributed by atoms with E-state index in [1.54, 1.807) is 0 Å². The molecule has 0 aliphatic carbocycles. The van der Waals surface area contributed by atoms with Gasteiger partial charge in [-0.05, 0) is 65.8 Å². The van der Waals surface area contributed by atoms with E-state index >= 15 is 0 Å². The molecule has 4 nitrogen and oxygen atoms in total. The largest absolute Gasteiger partial charge is 0.461 e. The van der Waals surface area contributed by atoms with Gasteiger partial charge in [-0.3, -0.25) is 0 Å². The van der Waals surface area contributed by atoms with Crippen LogP contribution in [0.4, 0.5) is 0 Å². The molecule has 0 amide bonds. The normalized spacial score (nSPS) is 15.3. The maximum Gasteiger partial charge on any atom is 0.134 e. The Morgan fingerprint density at radius 1 is 0.889 bits per heavy atom. The number of nitrogens with zero attached hydrogens (tertiary/aromatic N) is 1. The van der Waals surface area contributed by atoms with Crippen LogP contribution in [0.5, 0.6) is 0 Å². The smallest absolute Gasteiger partial charge is 0.134 e. The molecule has 0 unspecified atom stereocenters. The highest BCUT2D eigenvalue weighted by Gasteiger charge is 2.16. The van der Waals surface area contributed by atoms with Crippen LogP contribution in [0.25, 0.3) is 22.1 Å². The molecule has 0 atom stereocenters. The summed E-state index contributed by atoms with van der Waals surface area (Å²) >= 11 is 0. The van der Waals surface area contributed by atoms with Crippen molar-refractivity contribution in [2.45, 2.75) is 26.2 Å². The minimum absolute atomic E-state index is 0.175. The molecule has 1 aliphatic rings. The topological polar surface area (TPSA) is 48.6 Å². The summed E-state index contributed by atoms with van der Waals surface area (Å²) in [7, 11) is 0. The third kappa shape index (κ3) is 5.79. The zero-order valence-corrected chi connectivity index (χ0v) is 21.2. The molecule has 0 spiro atoms. The first-order chi connectivity index (χ1) is 17.7. The minimum atomic E-state index is 0.175. The van der Waals surface area contributed by atoms with Gasteiger partial charge in [0, 0.05) is 51.1 Å². The second-order valence-corrected chi connectivity index (χ2v) is 9.72. The van der Waals surface area contributed by atoms with E-state index in [2.05, 4.69) is 96.0 Å². The summed E-state index contributed by atoms with van der Waals surface area (Å²) < 4.78 is 6.23. The monoisotopic (exact) mass is 480 g/mol. The minimum Gasteiger partial charge on any atom is -0.461 e. The summed E-state index contributed by atoms with van der Waals surface area (Å²) in [6, 6.07) is 28.1. The quantitative estimate of drug-likeness (QED) is 0.292. The average molecular weight is 481 g/mol. The highest BCUT2D eigenvalue weighted by molar-refractivity contribution is 6.00. The van der Waals surface area contributed by atoms with Crippen LogP contribution in [0.3, 0.4) is 0 Å². The van der Waals surface area contributed by atoms with Crippen LogP contribution in [0.15, 0.2) is 83.3 Å². The van der Waals surface area contributed by atoms with E-state index in [4.69, 9.17) is 4.42 Å². The Kier molecular flexibility index (Phi) is 7.97. The molecule has 1 aromatic heterocycles. The van der Waals surface area contributed by atoms with Gasteiger partial charge in [-0.25, -0.2) is 0 Å². The van der Waals surface area contributed by atoms with Crippen molar-refractivity contribution in [3.8, 4) is 0 Å². The molecular formula is C32H36N2O2. The summed E-state index contributed by atoms with van der Waals surface area (Å²) in [4.78, 5) is 2.50. The number of piperazine rings is 1. The van der Waals surface area contributed by atoms with Gasteiger partial charge in [-0.2, -0.15) is 0 Å². The van der Waals surface area contributed by atoms with E-state index in [-0.39, 0.29) is 6.61 Å². The lowest BCUT2D eigenvalue weighted by Gasteiger charge is -2.26. The van der Waals surface area contributed by atoms with Crippen LogP contribution in [0, 0.1) is 6.92 Å². The number of fused-ring (bicyclic) bond motifs is 1. The zero-order valence-electron chi connectivity index (χ0n) is 21.2. The van der Waals surface area contributed by atoms with Crippen molar-refractivity contribution in [1.29, 1.82) is 0 Å². The van der Waals surface area contributed by atoms with Gasteiger partial charge in [-0.15, -0.1) is 0 Å². The van der Waals surface area contributed by atoms with Crippen LogP contribution < -0.4 is 5.32 Å². The van der Waals surface area contributed by atoms with Crippen molar-refractivity contribution in [3.05, 3.63) is 107 Å². The fraction of sp³-hybridized carbons (Fsp3) is 0.312. The van der Waals surface area contributed by atoms with Gasteiger partial charge < -0.3 is 19.7 Å². The van der Waals surface area contributed by atoms with Crippen molar-refractivity contribution in [2.24, 2.45) is 0 Å². The highest BCUT2D eigenvalue weighted by Crippen LogP contribution is 2.37. The summed E-state index contributed by atoms with van der Waals surface area (Å²) in [5, 5.41) is 14.2. The molecule has 5 rings (SSSR count). The molecule has 4 heteroatoms. The average Bonchev–Trinajstić information content (AvgIpc) is 3.34. The van der Waals surface area contributed by atoms with Gasteiger partial charge in [0.2, 0.25) is 0 Å². The fourth-order valence-electron chi connectivity index (χ4n) is 5.12. The van der Waals surface area contributed by atoms with Crippen molar-refractivity contribution in [3.63, 3.8) is 0 Å². The van der Waals surface area contributed by atoms with E-state index in [0.717, 1.165) is 68.7 Å². The highest BCUT2D eigenvalue weighted by atomic mass is 16.3. The standard InChI is InChI=1S/C32H36N2O2/c1-24-9-11-26(12-10-24)32(30(8-5-21-35)25-6-3-2-4-7-25)27-13-14-31-28(22-27)23-29(36-31)15-18-34-19-16-33-17-20-34/h2-4,6-7,9-14,22-23,33,35H,5,8,15-21H2,1H3/b32-30-. The number of rotatable bonds is 9. The number of aliphatic hydroxyl groups is 1. The summed E-state index contributed by atoms with van der Waals surface area (Å²) in [5.41, 5.74) is 8.24. The third-order valence-electron chi connectivity index (χ3n) is 7.09. The van der Waals surface area contributed by atoms with Crippen molar-refractivity contribution in [1.82, 2.24) is 10.2 Å². The molecule has 2 N–H and O–H groups in total. The number of aryl methyl sites for hydroxylation is 1. The molecule has 4 aromatic rings. The second kappa shape index (κ2) is 11.7. The predicted molar refractivity (Wildman–Crippen MR) is 149 cm³/mol. The van der Waals surface area contributed by atoms with E-state index in [0.29, 0.717) is 0 Å². The fourth-order valence-corrected chi connectivity index (χ4v) is 5.12. The van der Waals surface area contributed by atoms with E-state index in [9.17, 15) is 5.11 Å². The Hall–Kier alpha value is -3.18. The first-order valence-electron chi connectivity index (χ1n) is 13.1. The molecule has 0 bridgehead atoms. The number of hydrogen-bond donors (Lipinski definition) is 2. The Morgan fingerprint density at radius 2 is 1.64 bits per heavy atom. The number of benzene rings is 3. The predicted octanol–water partition coefficient (Wildman–Crippen LogP) is 5.92. The lowest BCUT2D eigenvalue weighted by molar-refractivity contribution is 0.239. The van der Waals surface area contributed by atoms with Crippen LogP contribution in [0.1, 0.15) is 40.9 Å². The lowest BCUT2D eigenvalue weighted by Crippen LogP contribution is -2.44. The van der Waals surface area contributed by atoms with Gasteiger partial charge in [0.25, 0.3) is 0 Å². The summed E-state index contributed by atoms with van der Waals surface area (Å²) in [6.07, 6.45) is 2.46. The van der Waals surface area contributed by atoms with Gasteiger partial charge in [0.05, 0.1) is 0 Å². The maximum absolute atomic E-state index is 9.67. The first kappa shape index (κ1) is 24.5. The molecule has 1 fully saturated rings. The molecule has 1 aliphatic heterocycles. The van der Waals surface area contributed by atoms with Gasteiger partial charge >= 0.3 is 0 Å². The third-order valence-corrected chi connectivity index (χ3v) is 7.09. The van der Waals surface area contributed by atoms with Crippen LogP contribution >= 0.6 is 0 Å². The first-order valence-corrected chi connectivity index (χ1v) is 13.1. The van der Waals surface area contributed by atoms with E-state index in [1.165, 1.54) is 33.4 Å². The lowest BCUT2D eigenvalue weighted by atomic mass is 9.86. The number of hydrogen-bond acceptors (Lipinski definition) is 4. The molecule has 3 aromatic carbocycles. The van der Waals surface area contributed by atoms with Crippen LogP contribution in [0.2, 0.25) is 0 Å². The number of furan rings is 1. The van der Waals surface area contributed by atoms with Crippen LogP contribution in [-0.2, 0) is 6.42 Å². The molecule has 0 saturated carbocycles. The van der Waals surface area contributed by atoms with Gasteiger partial charge in [-0.1, -0.05) is 66.2 Å².